The van der Waals surface area contributed by atoms with Crippen molar-refractivity contribution < 1.29 is 23.4 Å². The van der Waals surface area contributed by atoms with E-state index in [0.29, 0.717) is 28.4 Å². The molecule has 0 aliphatic carbocycles. The van der Waals surface area contributed by atoms with Crippen LogP contribution in [0.5, 0.6) is 17.2 Å². The smallest absolute Gasteiger partial charge is 0.307 e. The molecule has 0 spiro atoms. The second kappa shape index (κ2) is 8.82. The summed E-state index contributed by atoms with van der Waals surface area (Å²) in [5.41, 5.74) is 3.78. The normalized spacial score (nSPS) is 11.0. The number of furan rings is 1. The standard InChI is InChI=1S/C19H16BrIN2O5/c1-25-14-4-10(5-15(26-2)18(14)27-3)9-22-23-19(24)16-7-11-6-12(20)8-13(21)17(11)28-16/h4-9H,1-3H3,(H,23,24)/b22-9-. The van der Waals surface area contributed by atoms with E-state index in [2.05, 4.69) is 49.0 Å². The molecule has 0 atom stereocenters. The predicted molar refractivity (Wildman–Crippen MR) is 118 cm³/mol. The van der Waals surface area contributed by atoms with E-state index in [9.17, 15) is 4.79 Å². The fourth-order valence-electron chi connectivity index (χ4n) is 2.58. The van der Waals surface area contributed by atoms with Gasteiger partial charge in [-0.15, -0.1) is 0 Å². The lowest BCUT2D eigenvalue weighted by atomic mass is 10.2. The third-order valence-electron chi connectivity index (χ3n) is 3.83. The molecule has 0 saturated heterocycles. The molecule has 146 valence electrons. The summed E-state index contributed by atoms with van der Waals surface area (Å²) in [6.07, 6.45) is 1.48. The van der Waals surface area contributed by atoms with Gasteiger partial charge in [-0.1, -0.05) is 15.9 Å². The van der Waals surface area contributed by atoms with Crippen molar-refractivity contribution in [2.45, 2.75) is 0 Å². The molecule has 1 amide bonds. The van der Waals surface area contributed by atoms with Gasteiger partial charge in [0.1, 0.15) is 5.58 Å². The van der Waals surface area contributed by atoms with E-state index in [4.69, 9.17) is 18.6 Å². The largest absolute Gasteiger partial charge is 0.493 e. The second-order valence-electron chi connectivity index (χ2n) is 5.57. The summed E-state index contributed by atoms with van der Waals surface area (Å²) in [7, 11) is 4.59. The molecular weight excluding hydrogens is 543 g/mol. The number of carbonyl (C=O) groups is 1. The van der Waals surface area contributed by atoms with Crippen molar-refractivity contribution in [1.29, 1.82) is 0 Å². The van der Waals surface area contributed by atoms with Crippen molar-refractivity contribution in [2.75, 3.05) is 21.3 Å². The first-order chi connectivity index (χ1) is 13.5. The van der Waals surface area contributed by atoms with Gasteiger partial charge in [-0.25, -0.2) is 5.43 Å². The molecule has 7 nitrogen and oxygen atoms in total. The van der Waals surface area contributed by atoms with Gasteiger partial charge in [0.15, 0.2) is 17.3 Å². The van der Waals surface area contributed by atoms with Crippen molar-refractivity contribution in [3.8, 4) is 17.2 Å². The van der Waals surface area contributed by atoms with Gasteiger partial charge in [0, 0.05) is 15.4 Å². The minimum absolute atomic E-state index is 0.174. The maximum Gasteiger partial charge on any atom is 0.307 e. The summed E-state index contributed by atoms with van der Waals surface area (Å²) >= 11 is 5.59. The van der Waals surface area contributed by atoms with Crippen LogP contribution >= 0.6 is 38.5 Å². The van der Waals surface area contributed by atoms with Crippen LogP contribution in [0.4, 0.5) is 0 Å². The lowest BCUT2D eigenvalue weighted by Crippen LogP contribution is -2.16. The zero-order valence-electron chi connectivity index (χ0n) is 15.2. The van der Waals surface area contributed by atoms with Crippen molar-refractivity contribution in [3.05, 3.63) is 49.7 Å². The number of hydrazone groups is 1. The molecule has 1 aromatic heterocycles. The van der Waals surface area contributed by atoms with Crippen LogP contribution in [0, 0.1) is 3.57 Å². The molecule has 0 unspecified atom stereocenters. The maximum absolute atomic E-state index is 12.3. The molecule has 0 aliphatic heterocycles. The summed E-state index contributed by atoms with van der Waals surface area (Å²) in [6.45, 7) is 0. The highest BCUT2D eigenvalue weighted by molar-refractivity contribution is 14.1. The first kappa shape index (κ1) is 20.5. The van der Waals surface area contributed by atoms with Gasteiger partial charge in [-0.05, 0) is 52.9 Å². The van der Waals surface area contributed by atoms with Crippen molar-refractivity contribution in [1.82, 2.24) is 5.43 Å². The lowest BCUT2D eigenvalue weighted by molar-refractivity contribution is 0.0929. The highest BCUT2D eigenvalue weighted by Gasteiger charge is 2.15. The SMILES string of the molecule is COc1cc(/C=N\NC(=O)c2cc3cc(Br)cc(I)c3o2)cc(OC)c1OC. The number of hydrogen-bond donors (Lipinski definition) is 1. The van der Waals surface area contributed by atoms with Gasteiger partial charge in [-0.3, -0.25) is 4.79 Å². The second-order valence-corrected chi connectivity index (χ2v) is 7.65. The molecule has 1 N–H and O–H groups in total. The zero-order chi connectivity index (χ0) is 20.3. The number of fused-ring (bicyclic) bond motifs is 1. The molecule has 0 saturated carbocycles. The Hall–Kier alpha value is -2.27. The average Bonchev–Trinajstić information content (AvgIpc) is 3.11. The number of rotatable bonds is 6. The number of hydrogen-bond acceptors (Lipinski definition) is 6. The number of methoxy groups -OCH3 is 3. The molecule has 0 bridgehead atoms. The topological polar surface area (TPSA) is 82.3 Å². The molecule has 3 aromatic rings. The number of halogens is 2. The quantitative estimate of drug-likeness (QED) is 0.272. The van der Waals surface area contributed by atoms with Crippen LogP contribution in [-0.4, -0.2) is 33.5 Å². The number of carbonyl (C=O) groups excluding carboxylic acids is 1. The Bertz CT molecular complexity index is 1040. The third-order valence-corrected chi connectivity index (χ3v) is 5.09. The van der Waals surface area contributed by atoms with Gasteiger partial charge in [-0.2, -0.15) is 5.10 Å². The van der Waals surface area contributed by atoms with Crippen molar-refractivity contribution in [2.24, 2.45) is 5.10 Å². The van der Waals surface area contributed by atoms with Gasteiger partial charge in [0.25, 0.3) is 0 Å². The van der Waals surface area contributed by atoms with Gasteiger partial charge < -0.3 is 18.6 Å². The number of nitrogens with zero attached hydrogens (tertiary/aromatic N) is 1. The third kappa shape index (κ3) is 4.25. The summed E-state index contributed by atoms with van der Waals surface area (Å²) in [4.78, 5) is 12.3. The average molecular weight is 559 g/mol. The van der Waals surface area contributed by atoms with E-state index < -0.39 is 5.91 Å². The number of ether oxygens (including phenoxy) is 3. The molecule has 28 heavy (non-hydrogen) atoms. The van der Waals surface area contributed by atoms with Crippen molar-refractivity contribution in [3.63, 3.8) is 0 Å². The number of nitrogens with one attached hydrogen (secondary N) is 1. The summed E-state index contributed by atoms with van der Waals surface area (Å²) in [5.74, 6) is 1.19. The number of benzene rings is 2. The zero-order valence-corrected chi connectivity index (χ0v) is 19.0. The van der Waals surface area contributed by atoms with Gasteiger partial charge in [0.2, 0.25) is 5.75 Å². The van der Waals surface area contributed by atoms with E-state index in [1.54, 1.807) is 18.2 Å². The number of amides is 1. The highest BCUT2D eigenvalue weighted by Crippen LogP contribution is 2.37. The fraction of sp³-hybridized carbons (Fsp3) is 0.158. The van der Waals surface area contributed by atoms with E-state index in [-0.39, 0.29) is 5.76 Å². The van der Waals surface area contributed by atoms with Crippen LogP contribution in [0.1, 0.15) is 16.1 Å². The minimum atomic E-state index is -0.452. The van der Waals surface area contributed by atoms with Crippen LogP contribution in [-0.2, 0) is 0 Å². The molecule has 2 aromatic carbocycles. The predicted octanol–water partition coefficient (Wildman–Crippen LogP) is 4.59. The van der Waals surface area contributed by atoms with Crippen molar-refractivity contribution >= 4 is 61.6 Å². The first-order valence-electron chi connectivity index (χ1n) is 7.98. The Kier molecular flexibility index (Phi) is 6.45. The molecular formula is C19H16BrIN2O5. The van der Waals surface area contributed by atoms with Gasteiger partial charge in [0.05, 0.1) is 31.1 Å². The monoisotopic (exact) mass is 558 g/mol. The molecule has 0 fully saturated rings. The molecule has 3 rings (SSSR count). The Labute approximate surface area is 183 Å². The van der Waals surface area contributed by atoms with E-state index in [0.717, 1.165) is 13.4 Å². The first-order valence-corrected chi connectivity index (χ1v) is 9.86. The lowest BCUT2D eigenvalue weighted by Gasteiger charge is -2.12. The molecule has 0 radical (unpaired) electrons. The Morgan fingerprint density at radius 2 is 1.79 bits per heavy atom. The molecule has 0 aliphatic rings. The summed E-state index contributed by atoms with van der Waals surface area (Å²) < 4.78 is 23.3. The Morgan fingerprint density at radius 3 is 2.39 bits per heavy atom. The molecule has 9 heteroatoms. The van der Waals surface area contributed by atoms with Crippen LogP contribution in [0.2, 0.25) is 0 Å². The van der Waals surface area contributed by atoms with Crippen LogP contribution in [0.25, 0.3) is 11.0 Å². The molecule has 1 heterocycles. The van der Waals surface area contributed by atoms with E-state index in [1.807, 2.05) is 12.1 Å². The maximum atomic E-state index is 12.3. The Balaban J connectivity index is 1.79. The van der Waals surface area contributed by atoms with Crippen LogP contribution in [0.15, 0.2) is 44.3 Å². The van der Waals surface area contributed by atoms with Crippen LogP contribution < -0.4 is 19.6 Å². The van der Waals surface area contributed by atoms with E-state index >= 15 is 0 Å². The highest BCUT2D eigenvalue weighted by atomic mass is 127. The summed E-state index contributed by atoms with van der Waals surface area (Å²) in [6, 6.07) is 8.91. The van der Waals surface area contributed by atoms with Gasteiger partial charge >= 0.3 is 5.91 Å². The van der Waals surface area contributed by atoms with E-state index in [1.165, 1.54) is 27.5 Å². The Morgan fingerprint density at radius 1 is 1.11 bits per heavy atom. The summed E-state index contributed by atoms with van der Waals surface area (Å²) in [5, 5.41) is 4.82. The fourth-order valence-corrected chi connectivity index (χ4v) is 4.24. The van der Waals surface area contributed by atoms with Crippen LogP contribution in [0.3, 0.4) is 0 Å². The minimum Gasteiger partial charge on any atom is -0.493 e.